The molecule has 2 nitrogen and oxygen atoms in total. The molecule has 3 rings (SSSR count). The number of hydrogen-bond donors (Lipinski definition) is 0. The Balaban J connectivity index is 1.98. The quantitative estimate of drug-likeness (QED) is 0.673. The predicted octanol–water partition coefficient (Wildman–Crippen LogP) is 5.73. The molecule has 5 heteroatoms. The van der Waals surface area contributed by atoms with Crippen molar-refractivity contribution in [2.24, 2.45) is 0 Å². The minimum Gasteiger partial charge on any atom is -0.215 e. The smallest absolute Gasteiger partial charge is 0.172 e. The summed E-state index contributed by atoms with van der Waals surface area (Å²) in [5, 5.41) is 1.05. The molecule has 0 saturated heterocycles. The average Bonchev–Trinajstić information content (AvgIpc) is 3.09. The number of rotatable bonds is 3. The van der Waals surface area contributed by atoms with E-state index in [-0.39, 0.29) is 0 Å². The van der Waals surface area contributed by atoms with Crippen molar-refractivity contribution in [3.63, 3.8) is 0 Å². The Labute approximate surface area is 133 Å². The minimum absolute atomic E-state index is 0.429. The maximum atomic E-state index is 6.37. The molecule has 0 unspecified atom stereocenters. The van der Waals surface area contributed by atoms with E-state index in [4.69, 9.17) is 23.2 Å². The lowest BCUT2D eigenvalue weighted by molar-refractivity contribution is 0.715. The summed E-state index contributed by atoms with van der Waals surface area (Å²) in [4.78, 5) is 11.3. The van der Waals surface area contributed by atoms with E-state index >= 15 is 0 Å². The van der Waals surface area contributed by atoms with E-state index in [1.165, 1.54) is 17.7 Å². The van der Waals surface area contributed by atoms with Gasteiger partial charge in [0.2, 0.25) is 0 Å². The molecule has 0 aromatic carbocycles. The normalized spacial score (nSPS) is 15.9. The van der Waals surface area contributed by atoms with E-state index in [1.807, 2.05) is 6.07 Å². The molecule has 2 heterocycles. The van der Waals surface area contributed by atoms with Crippen LogP contribution in [0.4, 0.5) is 0 Å². The van der Waals surface area contributed by atoms with Crippen molar-refractivity contribution >= 4 is 34.5 Å². The van der Waals surface area contributed by atoms with Crippen LogP contribution in [0.15, 0.2) is 12.1 Å². The van der Waals surface area contributed by atoms with E-state index in [0.717, 1.165) is 29.7 Å². The highest BCUT2D eigenvalue weighted by Gasteiger charge is 2.24. The number of aromatic nitrogens is 2. The van der Waals surface area contributed by atoms with Gasteiger partial charge in [0, 0.05) is 10.4 Å². The summed E-state index contributed by atoms with van der Waals surface area (Å²) in [5.41, 5.74) is 0.946. The summed E-state index contributed by atoms with van der Waals surface area (Å²) in [7, 11) is 0. The second-order valence-corrected chi connectivity index (χ2v) is 7.03. The highest BCUT2D eigenvalue weighted by atomic mass is 35.5. The molecule has 2 aromatic rings. The first-order valence-electron chi connectivity index (χ1n) is 7.01. The molecule has 1 saturated carbocycles. The molecule has 0 spiro atoms. The van der Waals surface area contributed by atoms with E-state index in [2.05, 4.69) is 23.0 Å². The Bertz CT molecular complexity index is 595. The zero-order chi connectivity index (χ0) is 14.1. The molecular formula is C15H16Cl2N2S. The highest BCUT2D eigenvalue weighted by molar-refractivity contribution is 7.15. The van der Waals surface area contributed by atoms with Gasteiger partial charge in [-0.1, -0.05) is 43.0 Å². The van der Waals surface area contributed by atoms with E-state index in [9.17, 15) is 0 Å². The fourth-order valence-electron chi connectivity index (χ4n) is 2.77. The topological polar surface area (TPSA) is 25.8 Å². The summed E-state index contributed by atoms with van der Waals surface area (Å²) in [5.74, 6) is 1.07. The number of halogens is 2. The van der Waals surface area contributed by atoms with Crippen LogP contribution in [0.2, 0.25) is 10.3 Å². The van der Waals surface area contributed by atoms with Crippen molar-refractivity contribution < 1.29 is 0 Å². The third kappa shape index (κ3) is 2.72. The maximum absolute atomic E-state index is 6.37. The van der Waals surface area contributed by atoms with E-state index in [0.29, 0.717) is 22.0 Å². The summed E-state index contributed by atoms with van der Waals surface area (Å²) in [6, 6.07) is 4.15. The van der Waals surface area contributed by atoms with Gasteiger partial charge < -0.3 is 0 Å². The second-order valence-electron chi connectivity index (χ2n) is 5.14. The first-order chi connectivity index (χ1) is 9.69. The first kappa shape index (κ1) is 14.3. The van der Waals surface area contributed by atoms with Crippen molar-refractivity contribution in [2.45, 2.75) is 44.9 Å². The van der Waals surface area contributed by atoms with Crippen molar-refractivity contribution in [3.05, 3.63) is 32.9 Å². The van der Waals surface area contributed by atoms with Gasteiger partial charge >= 0.3 is 0 Å². The standard InChI is InChI=1S/C15H16Cl2N2S/c1-2-10-7-8-11(20-10)15-18-13(16)12(14(17)19-15)9-5-3-4-6-9/h7-9H,2-6H2,1H3. The number of thiophene rings is 1. The van der Waals surface area contributed by atoms with Crippen molar-refractivity contribution in [2.75, 3.05) is 0 Å². The molecular weight excluding hydrogens is 311 g/mol. The molecule has 0 N–H and O–H groups in total. The Morgan fingerprint density at radius 1 is 1.15 bits per heavy atom. The average molecular weight is 327 g/mol. The van der Waals surface area contributed by atoms with Gasteiger partial charge in [-0.15, -0.1) is 11.3 Å². The zero-order valence-electron chi connectivity index (χ0n) is 11.3. The SMILES string of the molecule is CCc1ccc(-c2nc(Cl)c(C3CCCC3)c(Cl)n2)s1. The summed E-state index contributed by atoms with van der Waals surface area (Å²) < 4.78 is 0. The number of aryl methyl sites for hydroxylation is 1. The van der Waals surface area contributed by atoms with Crippen LogP contribution in [-0.2, 0) is 6.42 Å². The van der Waals surface area contributed by atoms with Gasteiger partial charge in [0.05, 0.1) is 4.88 Å². The summed E-state index contributed by atoms with van der Waals surface area (Å²) >= 11 is 14.4. The van der Waals surface area contributed by atoms with Crippen LogP contribution in [0.1, 0.15) is 49.0 Å². The van der Waals surface area contributed by atoms with Crippen LogP contribution in [0, 0.1) is 0 Å². The summed E-state index contributed by atoms with van der Waals surface area (Å²) in [6.07, 6.45) is 5.78. The fraction of sp³-hybridized carbons (Fsp3) is 0.467. The van der Waals surface area contributed by atoms with Gasteiger partial charge in [-0.3, -0.25) is 0 Å². The lowest BCUT2D eigenvalue weighted by Gasteiger charge is -2.13. The van der Waals surface area contributed by atoms with Gasteiger partial charge in [0.1, 0.15) is 10.3 Å². The Kier molecular flexibility index (Phi) is 4.29. The van der Waals surface area contributed by atoms with Crippen LogP contribution >= 0.6 is 34.5 Å². The van der Waals surface area contributed by atoms with Crippen molar-refractivity contribution in [3.8, 4) is 10.7 Å². The van der Waals surface area contributed by atoms with Crippen molar-refractivity contribution in [1.82, 2.24) is 9.97 Å². The van der Waals surface area contributed by atoms with E-state index < -0.39 is 0 Å². The number of nitrogens with zero attached hydrogens (tertiary/aromatic N) is 2. The molecule has 1 aliphatic carbocycles. The predicted molar refractivity (Wildman–Crippen MR) is 86.0 cm³/mol. The van der Waals surface area contributed by atoms with Crippen molar-refractivity contribution in [1.29, 1.82) is 0 Å². The molecule has 0 aliphatic heterocycles. The van der Waals surface area contributed by atoms with Crippen LogP contribution in [-0.4, -0.2) is 9.97 Å². The van der Waals surface area contributed by atoms with Gasteiger partial charge in [-0.2, -0.15) is 0 Å². The van der Waals surface area contributed by atoms with Crippen LogP contribution < -0.4 is 0 Å². The largest absolute Gasteiger partial charge is 0.215 e. The number of hydrogen-bond acceptors (Lipinski definition) is 3. The molecule has 1 fully saturated rings. The zero-order valence-corrected chi connectivity index (χ0v) is 13.7. The molecule has 0 radical (unpaired) electrons. The Morgan fingerprint density at radius 3 is 2.35 bits per heavy atom. The van der Waals surface area contributed by atoms with Gasteiger partial charge in [0.15, 0.2) is 5.82 Å². The first-order valence-corrected chi connectivity index (χ1v) is 8.58. The third-order valence-electron chi connectivity index (χ3n) is 3.85. The maximum Gasteiger partial charge on any atom is 0.172 e. The fourth-order valence-corrected chi connectivity index (χ4v) is 4.34. The third-order valence-corrected chi connectivity index (χ3v) is 5.65. The summed E-state index contributed by atoms with van der Waals surface area (Å²) in [6.45, 7) is 2.14. The molecule has 0 bridgehead atoms. The van der Waals surface area contributed by atoms with Gasteiger partial charge in [0.25, 0.3) is 0 Å². The van der Waals surface area contributed by atoms with Crippen LogP contribution in [0.3, 0.4) is 0 Å². The van der Waals surface area contributed by atoms with Crippen LogP contribution in [0.5, 0.6) is 0 Å². The monoisotopic (exact) mass is 326 g/mol. The Morgan fingerprint density at radius 2 is 1.80 bits per heavy atom. The molecule has 106 valence electrons. The lowest BCUT2D eigenvalue weighted by Crippen LogP contribution is -2.01. The molecule has 2 aromatic heterocycles. The highest BCUT2D eigenvalue weighted by Crippen LogP contribution is 2.41. The van der Waals surface area contributed by atoms with Gasteiger partial charge in [-0.25, -0.2) is 9.97 Å². The van der Waals surface area contributed by atoms with E-state index in [1.54, 1.807) is 11.3 Å². The molecule has 0 amide bonds. The molecule has 0 atom stereocenters. The second kappa shape index (κ2) is 6.00. The molecule has 20 heavy (non-hydrogen) atoms. The Hall–Kier alpha value is -0.640. The lowest BCUT2D eigenvalue weighted by atomic mass is 10.0. The minimum atomic E-state index is 0.429. The van der Waals surface area contributed by atoms with Crippen LogP contribution in [0.25, 0.3) is 10.7 Å². The van der Waals surface area contributed by atoms with Gasteiger partial charge in [-0.05, 0) is 37.3 Å². The molecule has 1 aliphatic rings.